The summed E-state index contributed by atoms with van der Waals surface area (Å²) < 4.78 is 0. The van der Waals surface area contributed by atoms with E-state index in [4.69, 9.17) is 5.73 Å². The molecule has 15 heavy (non-hydrogen) atoms. The van der Waals surface area contributed by atoms with Crippen LogP contribution >= 0.6 is 11.3 Å². The molecular formula is C12H20N2S. The lowest BCUT2D eigenvalue weighted by Crippen LogP contribution is -2.23. The van der Waals surface area contributed by atoms with Crippen molar-refractivity contribution in [1.29, 1.82) is 0 Å². The summed E-state index contributed by atoms with van der Waals surface area (Å²) in [4.78, 5) is 4.53. The molecular weight excluding hydrogens is 204 g/mol. The van der Waals surface area contributed by atoms with Gasteiger partial charge in [0.15, 0.2) is 0 Å². The van der Waals surface area contributed by atoms with E-state index in [-0.39, 0.29) is 0 Å². The molecule has 84 valence electrons. The van der Waals surface area contributed by atoms with E-state index >= 15 is 0 Å². The molecule has 1 aromatic rings. The van der Waals surface area contributed by atoms with E-state index in [2.05, 4.69) is 17.3 Å². The highest BCUT2D eigenvalue weighted by atomic mass is 32.1. The predicted octanol–water partition coefficient (Wildman–Crippen LogP) is 2.76. The van der Waals surface area contributed by atoms with Crippen LogP contribution in [0.3, 0.4) is 0 Å². The number of rotatable bonds is 4. The minimum atomic E-state index is 0.665. The van der Waals surface area contributed by atoms with Gasteiger partial charge in [0.2, 0.25) is 0 Å². The molecule has 3 heteroatoms. The highest BCUT2D eigenvalue weighted by molar-refractivity contribution is 7.09. The zero-order chi connectivity index (χ0) is 10.7. The van der Waals surface area contributed by atoms with Crippen molar-refractivity contribution in [2.24, 2.45) is 17.6 Å². The summed E-state index contributed by atoms with van der Waals surface area (Å²) in [5.74, 6) is 1.53. The van der Waals surface area contributed by atoms with Crippen LogP contribution in [0.15, 0.2) is 5.38 Å². The molecule has 1 aliphatic rings. The first-order chi connectivity index (χ1) is 7.29. The molecule has 1 unspecified atom stereocenters. The van der Waals surface area contributed by atoms with E-state index in [1.165, 1.54) is 30.7 Å². The summed E-state index contributed by atoms with van der Waals surface area (Å²) in [5, 5.41) is 3.41. The van der Waals surface area contributed by atoms with Gasteiger partial charge >= 0.3 is 0 Å². The summed E-state index contributed by atoms with van der Waals surface area (Å²) in [5.41, 5.74) is 7.03. The van der Waals surface area contributed by atoms with Crippen molar-refractivity contribution in [1.82, 2.24) is 4.98 Å². The van der Waals surface area contributed by atoms with Gasteiger partial charge < -0.3 is 5.73 Å². The van der Waals surface area contributed by atoms with E-state index in [9.17, 15) is 0 Å². The Morgan fingerprint density at radius 1 is 1.53 bits per heavy atom. The highest BCUT2D eigenvalue weighted by Gasteiger charge is 2.24. The number of hydrogen-bond donors (Lipinski definition) is 1. The Kier molecular flexibility index (Phi) is 3.76. The average molecular weight is 224 g/mol. The van der Waals surface area contributed by atoms with Gasteiger partial charge in [0.05, 0.1) is 5.01 Å². The maximum absolute atomic E-state index is 5.88. The van der Waals surface area contributed by atoms with Crippen molar-refractivity contribution in [3.05, 3.63) is 16.1 Å². The van der Waals surface area contributed by atoms with Crippen molar-refractivity contribution >= 4 is 11.3 Å². The van der Waals surface area contributed by atoms with Crippen LogP contribution in [-0.2, 0) is 6.42 Å². The molecule has 0 bridgehead atoms. The van der Waals surface area contributed by atoms with Gasteiger partial charge in [-0.3, -0.25) is 0 Å². The molecule has 0 aromatic carbocycles. The normalized spacial score (nSPS) is 19.6. The summed E-state index contributed by atoms with van der Waals surface area (Å²) in [7, 11) is 0. The molecule has 1 aliphatic carbocycles. The zero-order valence-corrected chi connectivity index (χ0v) is 10.2. The maximum atomic E-state index is 5.88. The van der Waals surface area contributed by atoms with Crippen LogP contribution in [0.2, 0.25) is 0 Å². The second-order valence-electron chi connectivity index (χ2n) is 4.63. The van der Waals surface area contributed by atoms with Crippen molar-refractivity contribution in [3.8, 4) is 0 Å². The average Bonchev–Trinajstić information content (AvgIpc) is 2.85. The molecule has 0 amide bonds. The topological polar surface area (TPSA) is 38.9 Å². The lowest BCUT2D eigenvalue weighted by molar-refractivity contribution is 0.344. The van der Waals surface area contributed by atoms with Gasteiger partial charge in [-0.05, 0) is 25.3 Å². The smallest absolute Gasteiger partial charge is 0.0931 e. The highest BCUT2D eigenvalue weighted by Crippen LogP contribution is 2.33. The Morgan fingerprint density at radius 3 is 2.80 bits per heavy atom. The number of thiazole rings is 1. The van der Waals surface area contributed by atoms with Crippen LogP contribution in [0.5, 0.6) is 0 Å². The summed E-state index contributed by atoms with van der Waals surface area (Å²) in [6, 6.07) is 0. The van der Waals surface area contributed by atoms with Gasteiger partial charge in [-0.25, -0.2) is 4.98 Å². The van der Waals surface area contributed by atoms with Gasteiger partial charge in [-0.2, -0.15) is 0 Å². The fourth-order valence-electron chi connectivity index (χ4n) is 2.59. The standard InChI is InChI=1S/C12H20N2S/c1-9-8-15-12(14-9)6-11(7-13)10-4-2-3-5-10/h8,10-11H,2-7,13H2,1H3. The second-order valence-corrected chi connectivity index (χ2v) is 5.57. The van der Waals surface area contributed by atoms with Gasteiger partial charge in [-0.15, -0.1) is 11.3 Å². The van der Waals surface area contributed by atoms with Crippen LogP contribution in [0, 0.1) is 18.8 Å². The summed E-state index contributed by atoms with van der Waals surface area (Å²) >= 11 is 1.79. The molecule has 0 aliphatic heterocycles. The van der Waals surface area contributed by atoms with E-state index < -0.39 is 0 Å². The lowest BCUT2D eigenvalue weighted by atomic mass is 9.88. The third kappa shape index (κ3) is 2.79. The Hall–Kier alpha value is -0.410. The first-order valence-corrected chi connectivity index (χ1v) is 6.78. The zero-order valence-electron chi connectivity index (χ0n) is 9.41. The minimum absolute atomic E-state index is 0.665. The van der Waals surface area contributed by atoms with Crippen LogP contribution in [-0.4, -0.2) is 11.5 Å². The third-order valence-electron chi connectivity index (χ3n) is 3.47. The predicted molar refractivity (Wildman–Crippen MR) is 65.1 cm³/mol. The minimum Gasteiger partial charge on any atom is -0.330 e. The van der Waals surface area contributed by atoms with Crippen LogP contribution in [0.4, 0.5) is 0 Å². The van der Waals surface area contributed by atoms with E-state index in [0.29, 0.717) is 5.92 Å². The number of aromatic nitrogens is 1. The van der Waals surface area contributed by atoms with Crippen molar-refractivity contribution in [3.63, 3.8) is 0 Å². The molecule has 2 N–H and O–H groups in total. The second kappa shape index (κ2) is 5.08. The van der Waals surface area contributed by atoms with E-state index in [0.717, 1.165) is 24.6 Å². The van der Waals surface area contributed by atoms with E-state index in [1.807, 2.05) is 0 Å². The van der Waals surface area contributed by atoms with Gasteiger partial charge in [0.1, 0.15) is 0 Å². The molecule has 0 spiro atoms. The number of nitrogens with zero attached hydrogens (tertiary/aromatic N) is 1. The fraction of sp³-hybridized carbons (Fsp3) is 0.750. The van der Waals surface area contributed by atoms with Crippen molar-refractivity contribution in [2.75, 3.05) is 6.54 Å². The molecule has 2 rings (SSSR count). The Bertz CT molecular complexity index is 302. The number of nitrogens with two attached hydrogens (primary N) is 1. The van der Waals surface area contributed by atoms with Gasteiger partial charge in [0, 0.05) is 17.5 Å². The molecule has 1 aromatic heterocycles. The van der Waals surface area contributed by atoms with Crippen LogP contribution in [0.25, 0.3) is 0 Å². The molecule has 1 heterocycles. The molecule has 1 atom stereocenters. The van der Waals surface area contributed by atoms with Crippen LogP contribution < -0.4 is 5.73 Å². The summed E-state index contributed by atoms with van der Waals surface area (Å²) in [6.07, 6.45) is 6.66. The number of aryl methyl sites for hydroxylation is 1. The van der Waals surface area contributed by atoms with Gasteiger partial charge in [-0.1, -0.05) is 25.7 Å². The largest absolute Gasteiger partial charge is 0.330 e. The quantitative estimate of drug-likeness (QED) is 0.854. The first kappa shape index (κ1) is 11.1. The monoisotopic (exact) mass is 224 g/mol. The van der Waals surface area contributed by atoms with Gasteiger partial charge in [0.25, 0.3) is 0 Å². The Labute approximate surface area is 95.9 Å². The SMILES string of the molecule is Cc1csc(CC(CN)C2CCCC2)n1. The van der Waals surface area contributed by atoms with Crippen LogP contribution in [0.1, 0.15) is 36.4 Å². The first-order valence-electron chi connectivity index (χ1n) is 5.90. The molecule has 0 radical (unpaired) electrons. The molecule has 1 fully saturated rings. The molecule has 2 nitrogen and oxygen atoms in total. The number of hydrogen-bond acceptors (Lipinski definition) is 3. The Morgan fingerprint density at radius 2 is 2.27 bits per heavy atom. The Balaban J connectivity index is 1.95. The molecule has 1 saturated carbocycles. The van der Waals surface area contributed by atoms with E-state index in [1.54, 1.807) is 11.3 Å². The lowest BCUT2D eigenvalue weighted by Gasteiger charge is -2.20. The summed E-state index contributed by atoms with van der Waals surface area (Å²) in [6.45, 7) is 2.89. The fourth-order valence-corrected chi connectivity index (χ4v) is 3.46. The third-order valence-corrected chi connectivity index (χ3v) is 4.46. The maximum Gasteiger partial charge on any atom is 0.0931 e. The van der Waals surface area contributed by atoms with Crippen molar-refractivity contribution in [2.45, 2.75) is 39.0 Å². The molecule has 0 saturated heterocycles. The van der Waals surface area contributed by atoms with Crippen molar-refractivity contribution < 1.29 is 0 Å².